The second-order valence-electron chi connectivity index (χ2n) is 4.39. The van der Waals surface area contributed by atoms with E-state index in [0.717, 1.165) is 25.0 Å². The van der Waals surface area contributed by atoms with Gasteiger partial charge < -0.3 is 20.3 Å². The van der Waals surface area contributed by atoms with Crippen LogP contribution in [0.3, 0.4) is 0 Å². The van der Waals surface area contributed by atoms with Crippen LogP contribution in [0.2, 0.25) is 0 Å². The van der Waals surface area contributed by atoms with Gasteiger partial charge in [0.05, 0.1) is 25.5 Å². The molecule has 94 valence electrons. The first-order chi connectivity index (χ1) is 8.24. The Morgan fingerprint density at radius 1 is 1.53 bits per heavy atom. The van der Waals surface area contributed by atoms with E-state index in [0.29, 0.717) is 18.0 Å². The van der Waals surface area contributed by atoms with Crippen molar-refractivity contribution in [2.75, 3.05) is 26.1 Å². The molecule has 1 saturated heterocycles. The molecule has 0 bridgehead atoms. The van der Waals surface area contributed by atoms with Gasteiger partial charge in [0.25, 0.3) is 0 Å². The van der Waals surface area contributed by atoms with Crippen LogP contribution in [0.1, 0.15) is 24.5 Å². The molecule has 1 aromatic rings. The summed E-state index contributed by atoms with van der Waals surface area (Å²) in [5.41, 5.74) is 7.23. The first kappa shape index (κ1) is 12.2. The number of para-hydroxylation sites is 1. The maximum Gasteiger partial charge on any atom is 0.142 e. The Hall–Kier alpha value is -1.26. The van der Waals surface area contributed by atoms with Crippen LogP contribution in [0, 0.1) is 5.92 Å². The maximum atomic E-state index is 10.3. The smallest absolute Gasteiger partial charge is 0.142 e. The molecule has 3 N–H and O–H groups in total. The molecule has 0 aliphatic carbocycles. The number of ether oxygens (including phenoxy) is 2. The standard InChI is InChI=1S/C13H19NO3/c1-16-11-6-2-5-10(12(11)14)13(15)9-4-3-7-17-8-9/h2,5-6,9,13,15H,3-4,7-8,14H2,1H3. The molecule has 0 spiro atoms. The largest absolute Gasteiger partial charge is 0.495 e. The Morgan fingerprint density at radius 2 is 2.35 bits per heavy atom. The van der Waals surface area contributed by atoms with Gasteiger partial charge in [-0.25, -0.2) is 0 Å². The van der Waals surface area contributed by atoms with E-state index < -0.39 is 6.10 Å². The summed E-state index contributed by atoms with van der Waals surface area (Å²) in [5.74, 6) is 0.733. The number of aliphatic hydroxyl groups is 1. The van der Waals surface area contributed by atoms with E-state index in [4.69, 9.17) is 15.2 Å². The number of anilines is 1. The molecule has 4 heteroatoms. The van der Waals surface area contributed by atoms with Crippen molar-refractivity contribution in [1.29, 1.82) is 0 Å². The molecule has 0 amide bonds. The van der Waals surface area contributed by atoms with Crippen LogP contribution >= 0.6 is 0 Å². The lowest BCUT2D eigenvalue weighted by molar-refractivity contribution is -0.00973. The zero-order chi connectivity index (χ0) is 12.3. The van der Waals surface area contributed by atoms with Crippen LogP contribution in [0.15, 0.2) is 18.2 Å². The van der Waals surface area contributed by atoms with Crippen LogP contribution in [-0.2, 0) is 4.74 Å². The number of nitrogen functional groups attached to an aromatic ring is 1. The summed E-state index contributed by atoms with van der Waals surface area (Å²) in [4.78, 5) is 0. The van der Waals surface area contributed by atoms with Crippen LogP contribution in [0.5, 0.6) is 5.75 Å². The second-order valence-corrected chi connectivity index (χ2v) is 4.39. The zero-order valence-electron chi connectivity index (χ0n) is 10.1. The van der Waals surface area contributed by atoms with Crippen LogP contribution in [-0.4, -0.2) is 25.4 Å². The molecule has 1 aliphatic rings. The van der Waals surface area contributed by atoms with Crippen LogP contribution in [0.25, 0.3) is 0 Å². The van der Waals surface area contributed by atoms with Gasteiger partial charge >= 0.3 is 0 Å². The third-order valence-electron chi connectivity index (χ3n) is 3.28. The number of benzene rings is 1. The lowest BCUT2D eigenvalue weighted by Gasteiger charge is -2.27. The minimum absolute atomic E-state index is 0.123. The van der Waals surface area contributed by atoms with E-state index in [1.807, 2.05) is 12.1 Å². The Morgan fingerprint density at radius 3 is 3.00 bits per heavy atom. The molecule has 2 rings (SSSR count). The van der Waals surface area contributed by atoms with Gasteiger partial charge in [0.15, 0.2) is 0 Å². The quantitative estimate of drug-likeness (QED) is 0.786. The molecular weight excluding hydrogens is 218 g/mol. The molecule has 1 aromatic carbocycles. The van der Waals surface area contributed by atoms with Gasteiger partial charge in [0.2, 0.25) is 0 Å². The van der Waals surface area contributed by atoms with Gasteiger partial charge in [-0.2, -0.15) is 0 Å². The normalized spacial score (nSPS) is 22.1. The Balaban J connectivity index is 2.20. The SMILES string of the molecule is COc1cccc(C(O)C2CCCOC2)c1N. The lowest BCUT2D eigenvalue weighted by atomic mass is 9.90. The molecule has 4 nitrogen and oxygen atoms in total. The van der Waals surface area contributed by atoms with Crippen molar-refractivity contribution in [3.63, 3.8) is 0 Å². The fourth-order valence-corrected chi connectivity index (χ4v) is 2.27. The maximum absolute atomic E-state index is 10.3. The average molecular weight is 237 g/mol. The Kier molecular flexibility index (Phi) is 3.86. The minimum Gasteiger partial charge on any atom is -0.495 e. The van der Waals surface area contributed by atoms with Crippen LogP contribution in [0.4, 0.5) is 5.69 Å². The number of methoxy groups -OCH3 is 1. The highest BCUT2D eigenvalue weighted by Gasteiger charge is 2.25. The molecule has 0 radical (unpaired) electrons. The van der Waals surface area contributed by atoms with Gasteiger partial charge in [-0.15, -0.1) is 0 Å². The summed E-state index contributed by atoms with van der Waals surface area (Å²) in [6.45, 7) is 1.38. The Labute approximate surface area is 101 Å². The monoisotopic (exact) mass is 237 g/mol. The summed E-state index contributed by atoms with van der Waals surface area (Å²) in [5, 5.41) is 10.3. The number of hydrogen-bond donors (Lipinski definition) is 2. The number of hydrogen-bond acceptors (Lipinski definition) is 4. The van der Waals surface area contributed by atoms with E-state index in [-0.39, 0.29) is 5.92 Å². The van der Waals surface area contributed by atoms with Crippen molar-refractivity contribution in [2.45, 2.75) is 18.9 Å². The average Bonchev–Trinajstić information content (AvgIpc) is 2.39. The summed E-state index contributed by atoms with van der Waals surface area (Å²) < 4.78 is 10.5. The predicted octanol–water partition coefficient (Wildman–Crippen LogP) is 1.74. The molecule has 17 heavy (non-hydrogen) atoms. The van der Waals surface area contributed by atoms with Gasteiger partial charge in [0, 0.05) is 18.1 Å². The first-order valence-corrected chi connectivity index (χ1v) is 5.92. The fraction of sp³-hybridized carbons (Fsp3) is 0.538. The van der Waals surface area contributed by atoms with E-state index in [9.17, 15) is 5.11 Å². The van der Waals surface area contributed by atoms with Crippen molar-refractivity contribution in [3.8, 4) is 5.75 Å². The molecule has 1 heterocycles. The van der Waals surface area contributed by atoms with Crippen LogP contribution < -0.4 is 10.5 Å². The van der Waals surface area contributed by atoms with Crippen molar-refractivity contribution < 1.29 is 14.6 Å². The van der Waals surface area contributed by atoms with Gasteiger partial charge in [-0.3, -0.25) is 0 Å². The fourth-order valence-electron chi connectivity index (χ4n) is 2.27. The molecule has 1 fully saturated rings. The summed E-state index contributed by atoms with van der Waals surface area (Å²) in [6, 6.07) is 5.48. The first-order valence-electron chi connectivity index (χ1n) is 5.92. The zero-order valence-corrected chi connectivity index (χ0v) is 10.1. The highest BCUT2D eigenvalue weighted by molar-refractivity contribution is 5.59. The predicted molar refractivity (Wildman–Crippen MR) is 65.9 cm³/mol. The number of nitrogens with two attached hydrogens (primary N) is 1. The van der Waals surface area contributed by atoms with E-state index in [2.05, 4.69) is 0 Å². The molecule has 0 aromatic heterocycles. The third-order valence-corrected chi connectivity index (χ3v) is 3.28. The molecule has 1 aliphatic heterocycles. The van der Waals surface area contributed by atoms with E-state index in [1.54, 1.807) is 13.2 Å². The number of rotatable bonds is 3. The lowest BCUT2D eigenvalue weighted by Crippen LogP contribution is -2.24. The van der Waals surface area contributed by atoms with E-state index >= 15 is 0 Å². The highest BCUT2D eigenvalue weighted by Crippen LogP contribution is 2.35. The second kappa shape index (κ2) is 5.38. The minimum atomic E-state index is -0.578. The van der Waals surface area contributed by atoms with Crippen molar-refractivity contribution in [2.24, 2.45) is 5.92 Å². The van der Waals surface area contributed by atoms with Gasteiger partial charge in [0.1, 0.15) is 5.75 Å². The van der Waals surface area contributed by atoms with E-state index in [1.165, 1.54) is 0 Å². The molecule has 2 atom stereocenters. The third kappa shape index (κ3) is 2.53. The number of aliphatic hydroxyl groups excluding tert-OH is 1. The van der Waals surface area contributed by atoms with Crippen molar-refractivity contribution in [1.82, 2.24) is 0 Å². The van der Waals surface area contributed by atoms with Gasteiger partial charge in [-0.05, 0) is 18.9 Å². The molecular formula is C13H19NO3. The van der Waals surface area contributed by atoms with Gasteiger partial charge in [-0.1, -0.05) is 12.1 Å². The molecule has 2 unspecified atom stereocenters. The summed E-state index contributed by atoms with van der Waals surface area (Å²) in [7, 11) is 1.57. The summed E-state index contributed by atoms with van der Waals surface area (Å²) >= 11 is 0. The molecule has 0 saturated carbocycles. The Bertz CT molecular complexity index is 375. The van der Waals surface area contributed by atoms with Crippen molar-refractivity contribution >= 4 is 5.69 Å². The topological polar surface area (TPSA) is 64.7 Å². The summed E-state index contributed by atoms with van der Waals surface area (Å²) in [6.07, 6.45) is 1.38. The van der Waals surface area contributed by atoms with Crippen molar-refractivity contribution in [3.05, 3.63) is 23.8 Å². The highest BCUT2D eigenvalue weighted by atomic mass is 16.5.